The van der Waals surface area contributed by atoms with Crippen LogP contribution in [0, 0.1) is 0 Å². The minimum atomic E-state index is -1.08. The first-order valence-electron chi connectivity index (χ1n) is 7.16. The summed E-state index contributed by atoms with van der Waals surface area (Å²) in [5, 5.41) is 11.8. The lowest BCUT2D eigenvalue weighted by Gasteiger charge is -2.11. The average Bonchev–Trinajstić information content (AvgIpc) is 2.55. The van der Waals surface area contributed by atoms with Gasteiger partial charge in [0, 0.05) is 25.9 Å². The molecule has 0 radical (unpaired) electrons. The van der Waals surface area contributed by atoms with Gasteiger partial charge in [0.1, 0.15) is 0 Å². The second-order valence-electron chi connectivity index (χ2n) is 5.31. The predicted molar refractivity (Wildman–Crippen MR) is 96.8 cm³/mol. The molecule has 2 rings (SSSR count). The first kappa shape index (κ1) is 17.6. The predicted octanol–water partition coefficient (Wildman–Crippen LogP) is 3.76. The van der Waals surface area contributed by atoms with Crippen LogP contribution in [0.4, 0.5) is 11.4 Å². The third kappa shape index (κ3) is 4.60. The Morgan fingerprint density at radius 2 is 1.79 bits per heavy atom. The molecule has 0 heterocycles. The molecular weight excluding hydrogens is 328 g/mol. The van der Waals surface area contributed by atoms with Crippen molar-refractivity contribution in [1.82, 2.24) is 0 Å². The van der Waals surface area contributed by atoms with Gasteiger partial charge in [-0.05, 0) is 42.0 Å². The zero-order valence-corrected chi connectivity index (χ0v) is 14.0. The van der Waals surface area contributed by atoms with Gasteiger partial charge in [-0.3, -0.25) is 4.79 Å². The highest BCUT2D eigenvalue weighted by Crippen LogP contribution is 2.23. The van der Waals surface area contributed by atoms with E-state index in [1.165, 1.54) is 24.3 Å². The number of rotatable bonds is 5. The lowest BCUT2D eigenvalue weighted by atomic mass is 10.2. The van der Waals surface area contributed by atoms with Gasteiger partial charge in [0.05, 0.1) is 16.3 Å². The maximum atomic E-state index is 12.0. The van der Waals surface area contributed by atoms with Crippen molar-refractivity contribution in [3.8, 4) is 0 Å². The molecule has 2 aromatic rings. The van der Waals surface area contributed by atoms with Crippen LogP contribution >= 0.6 is 11.6 Å². The molecule has 2 aromatic carbocycles. The summed E-state index contributed by atoms with van der Waals surface area (Å²) in [4.78, 5) is 24.9. The van der Waals surface area contributed by atoms with Gasteiger partial charge in [0.15, 0.2) is 0 Å². The zero-order valence-electron chi connectivity index (χ0n) is 13.3. The van der Waals surface area contributed by atoms with Crippen LogP contribution < -0.4 is 10.2 Å². The Morgan fingerprint density at radius 3 is 2.38 bits per heavy atom. The second-order valence-corrected chi connectivity index (χ2v) is 5.72. The summed E-state index contributed by atoms with van der Waals surface area (Å²) in [5.41, 5.74) is 2.25. The summed E-state index contributed by atoms with van der Waals surface area (Å²) in [6.07, 6.45) is 3.04. The van der Waals surface area contributed by atoms with E-state index in [9.17, 15) is 9.59 Å². The summed E-state index contributed by atoms with van der Waals surface area (Å²) in [5.74, 6) is -1.48. The number of benzene rings is 2. The third-order valence-electron chi connectivity index (χ3n) is 3.31. The van der Waals surface area contributed by atoms with Crippen LogP contribution in [0.3, 0.4) is 0 Å². The van der Waals surface area contributed by atoms with Gasteiger partial charge in [-0.15, -0.1) is 0 Å². The molecule has 5 nitrogen and oxygen atoms in total. The van der Waals surface area contributed by atoms with Crippen LogP contribution in [0.25, 0.3) is 6.08 Å². The minimum absolute atomic E-state index is 0.0537. The molecule has 0 aliphatic carbocycles. The van der Waals surface area contributed by atoms with Crippen LogP contribution in [0.5, 0.6) is 0 Å². The second kappa shape index (κ2) is 7.66. The van der Waals surface area contributed by atoms with E-state index >= 15 is 0 Å². The lowest BCUT2D eigenvalue weighted by molar-refractivity contribution is -0.111. The van der Waals surface area contributed by atoms with Crippen LogP contribution in [0.15, 0.2) is 48.5 Å². The van der Waals surface area contributed by atoms with Crippen molar-refractivity contribution in [1.29, 1.82) is 0 Å². The Bertz CT molecular complexity index is 783. The van der Waals surface area contributed by atoms with E-state index in [1.807, 2.05) is 43.3 Å². The van der Waals surface area contributed by atoms with Crippen LogP contribution in [0.1, 0.15) is 15.9 Å². The van der Waals surface area contributed by atoms with Crippen molar-refractivity contribution >= 4 is 40.9 Å². The Labute approximate surface area is 145 Å². The summed E-state index contributed by atoms with van der Waals surface area (Å²) < 4.78 is 0. The van der Waals surface area contributed by atoms with E-state index in [-0.39, 0.29) is 16.3 Å². The minimum Gasteiger partial charge on any atom is -0.478 e. The molecule has 24 heavy (non-hydrogen) atoms. The monoisotopic (exact) mass is 344 g/mol. The number of aromatic carboxylic acids is 1. The van der Waals surface area contributed by atoms with Crippen molar-refractivity contribution in [2.45, 2.75) is 0 Å². The molecule has 0 aliphatic heterocycles. The first-order chi connectivity index (χ1) is 11.4. The van der Waals surface area contributed by atoms with Crippen molar-refractivity contribution in [3.63, 3.8) is 0 Å². The average molecular weight is 345 g/mol. The van der Waals surface area contributed by atoms with Crippen molar-refractivity contribution < 1.29 is 14.7 Å². The Hall–Kier alpha value is -2.79. The van der Waals surface area contributed by atoms with Crippen molar-refractivity contribution in [2.75, 3.05) is 24.3 Å². The number of nitrogens with zero attached hydrogens (tertiary/aromatic N) is 1. The fraction of sp³-hybridized carbons (Fsp3) is 0.111. The third-order valence-corrected chi connectivity index (χ3v) is 3.64. The van der Waals surface area contributed by atoms with Gasteiger partial charge >= 0.3 is 5.97 Å². The van der Waals surface area contributed by atoms with Gasteiger partial charge in [-0.25, -0.2) is 4.79 Å². The first-order valence-corrected chi connectivity index (χ1v) is 7.54. The molecule has 0 saturated carbocycles. The zero-order chi connectivity index (χ0) is 17.7. The molecule has 0 bridgehead atoms. The summed E-state index contributed by atoms with van der Waals surface area (Å²) in [6, 6.07) is 11.8. The molecule has 124 valence electrons. The molecule has 6 heteroatoms. The summed E-state index contributed by atoms with van der Waals surface area (Å²) in [6.45, 7) is 0. The number of carbonyl (C=O) groups is 2. The van der Waals surface area contributed by atoms with Crippen LogP contribution in [-0.4, -0.2) is 31.1 Å². The largest absolute Gasteiger partial charge is 0.478 e. The van der Waals surface area contributed by atoms with E-state index in [2.05, 4.69) is 5.32 Å². The van der Waals surface area contributed by atoms with E-state index in [4.69, 9.17) is 16.7 Å². The topological polar surface area (TPSA) is 69.6 Å². The maximum absolute atomic E-state index is 12.0. The molecule has 0 atom stereocenters. The number of carboxylic acid groups (broad SMARTS) is 1. The van der Waals surface area contributed by atoms with Gasteiger partial charge in [0.25, 0.3) is 0 Å². The number of halogens is 1. The fourth-order valence-corrected chi connectivity index (χ4v) is 2.15. The van der Waals surface area contributed by atoms with Gasteiger partial charge in [-0.2, -0.15) is 0 Å². The number of nitrogens with one attached hydrogen (secondary N) is 1. The quantitative estimate of drug-likeness (QED) is 0.810. The van der Waals surface area contributed by atoms with E-state index in [0.717, 1.165) is 11.3 Å². The van der Waals surface area contributed by atoms with E-state index in [0.29, 0.717) is 0 Å². The molecule has 2 N–H and O–H groups in total. The molecule has 0 aliphatic rings. The van der Waals surface area contributed by atoms with Crippen LogP contribution in [-0.2, 0) is 4.79 Å². The fourth-order valence-electron chi connectivity index (χ4n) is 1.98. The normalized spacial score (nSPS) is 10.6. The molecule has 0 aromatic heterocycles. The van der Waals surface area contributed by atoms with Crippen molar-refractivity contribution in [3.05, 3.63) is 64.7 Å². The number of carbonyl (C=O) groups excluding carboxylic acids is 1. The van der Waals surface area contributed by atoms with Gasteiger partial charge in [0.2, 0.25) is 5.91 Å². The lowest BCUT2D eigenvalue weighted by Crippen LogP contribution is -2.09. The summed E-state index contributed by atoms with van der Waals surface area (Å²) in [7, 11) is 3.90. The number of carboxylic acids is 1. The van der Waals surface area contributed by atoms with Gasteiger partial charge in [-0.1, -0.05) is 23.7 Å². The number of hydrogen-bond donors (Lipinski definition) is 2. The Morgan fingerprint density at radius 1 is 1.12 bits per heavy atom. The Kier molecular flexibility index (Phi) is 5.60. The molecule has 0 fully saturated rings. The maximum Gasteiger partial charge on any atom is 0.335 e. The van der Waals surface area contributed by atoms with E-state index < -0.39 is 11.9 Å². The Balaban J connectivity index is 2.07. The number of hydrogen-bond acceptors (Lipinski definition) is 3. The number of amides is 1. The molecular formula is C18H17ClN2O3. The highest BCUT2D eigenvalue weighted by molar-refractivity contribution is 6.34. The van der Waals surface area contributed by atoms with Crippen molar-refractivity contribution in [2.24, 2.45) is 0 Å². The van der Waals surface area contributed by atoms with E-state index in [1.54, 1.807) is 6.08 Å². The number of anilines is 2. The van der Waals surface area contributed by atoms with Crippen LogP contribution in [0.2, 0.25) is 5.02 Å². The molecule has 0 unspecified atom stereocenters. The summed E-state index contributed by atoms with van der Waals surface area (Å²) >= 11 is 5.97. The molecule has 0 spiro atoms. The molecule has 1 amide bonds. The smallest absolute Gasteiger partial charge is 0.335 e. The standard InChI is InChI=1S/C18H17ClN2O3/c1-21(2)14-7-3-12(4-8-14)5-10-17(22)20-16-11-13(18(23)24)6-9-15(16)19/h3-11H,1-2H3,(H,20,22)(H,23,24)/b10-5+. The highest BCUT2D eigenvalue weighted by atomic mass is 35.5. The highest BCUT2D eigenvalue weighted by Gasteiger charge is 2.08. The van der Waals surface area contributed by atoms with Gasteiger partial charge < -0.3 is 15.3 Å². The SMILES string of the molecule is CN(C)c1ccc(/C=C/C(=O)Nc2cc(C(=O)O)ccc2Cl)cc1. The molecule has 0 saturated heterocycles.